The van der Waals surface area contributed by atoms with Crippen molar-refractivity contribution in [2.24, 2.45) is 0 Å². The molecular weight excluding hydrogens is 356 g/mol. The van der Waals surface area contributed by atoms with Gasteiger partial charge in [-0.25, -0.2) is 8.42 Å². The lowest BCUT2D eigenvalue weighted by molar-refractivity contribution is 0.604. The molecule has 16 heavy (non-hydrogen) atoms. The lowest BCUT2D eigenvalue weighted by atomic mass is 10.3. The first-order chi connectivity index (χ1) is 7.56. The van der Waals surface area contributed by atoms with Gasteiger partial charge < -0.3 is 0 Å². The second-order valence-corrected chi connectivity index (χ2v) is 6.74. The van der Waals surface area contributed by atoms with Gasteiger partial charge in [0.05, 0.1) is 4.90 Å². The summed E-state index contributed by atoms with van der Waals surface area (Å²) in [7, 11) is -3.27. The number of unbranched alkanes of at least 4 members (excludes halogenated alkanes) is 1. The van der Waals surface area contributed by atoms with E-state index in [0.29, 0.717) is 4.90 Å². The number of hydrogen-bond donors (Lipinski definition) is 0. The number of benzene rings is 1. The molecule has 0 radical (unpaired) electrons. The minimum absolute atomic E-state index is 0.325. The Bertz CT molecular complexity index is 449. The van der Waals surface area contributed by atoms with Crippen molar-refractivity contribution in [3.63, 3.8) is 0 Å². The van der Waals surface area contributed by atoms with E-state index in [2.05, 4.69) is 31.9 Å². The highest BCUT2D eigenvalue weighted by atomic mass is 79.9. The van der Waals surface area contributed by atoms with Gasteiger partial charge in [0.1, 0.15) is 0 Å². The SMILES string of the molecule is O=S(=O)(/C=C/CCCBr)c1ccc(Br)cc1. The van der Waals surface area contributed by atoms with Crippen molar-refractivity contribution in [1.82, 2.24) is 0 Å². The summed E-state index contributed by atoms with van der Waals surface area (Å²) in [6, 6.07) is 6.63. The van der Waals surface area contributed by atoms with Gasteiger partial charge >= 0.3 is 0 Å². The van der Waals surface area contributed by atoms with Crippen molar-refractivity contribution in [2.75, 3.05) is 5.33 Å². The third kappa shape index (κ3) is 4.39. The van der Waals surface area contributed by atoms with E-state index in [1.165, 1.54) is 5.41 Å². The van der Waals surface area contributed by atoms with Crippen molar-refractivity contribution in [2.45, 2.75) is 17.7 Å². The van der Waals surface area contributed by atoms with Gasteiger partial charge in [0.2, 0.25) is 0 Å². The van der Waals surface area contributed by atoms with Crippen LogP contribution in [-0.4, -0.2) is 13.7 Å². The van der Waals surface area contributed by atoms with E-state index in [9.17, 15) is 8.42 Å². The normalized spacial score (nSPS) is 12.1. The molecule has 0 N–H and O–H groups in total. The van der Waals surface area contributed by atoms with E-state index < -0.39 is 9.84 Å². The van der Waals surface area contributed by atoms with E-state index >= 15 is 0 Å². The van der Waals surface area contributed by atoms with E-state index in [1.54, 1.807) is 30.3 Å². The second kappa shape index (κ2) is 6.57. The second-order valence-electron chi connectivity index (χ2n) is 3.20. The van der Waals surface area contributed by atoms with Gasteiger partial charge in [0.25, 0.3) is 0 Å². The lowest BCUT2D eigenvalue weighted by Crippen LogP contribution is -1.95. The highest BCUT2D eigenvalue weighted by Gasteiger charge is 2.08. The molecule has 0 spiro atoms. The third-order valence-corrected chi connectivity index (χ3v) is 4.49. The zero-order valence-corrected chi connectivity index (χ0v) is 12.6. The van der Waals surface area contributed by atoms with Gasteiger partial charge in [0, 0.05) is 15.2 Å². The molecule has 1 aromatic carbocycles. The Morgan fingerprint density at radius 2 is 1.81 bits per heavy atom. The molecule has 1 rings (SSSR count). The molecule has 0 aliphatic heterocycles. The zero-order valence-electron chi connectivity index (χ0n) is 8.57. The quantitative estimate of drug-likeness (QED) is 0.584. The maximum atomic E-state index is 11.8. The standard InChI is InChI=1S/C11H12Br2O2S/c12-8-2-1-3-9-16(14,15)11-6-4-10(13)5-7-11/h3-7,9H,1-2,8H2/b9-3+. The van der Waals surface area contributed by atoms with Crippen LogP contribution in [0.25, 0.3) is 0 Å². The average Bonchev–Trinajstić information content (AvgIpc) is 2.25. The van der Waals surface area contributed by atoms with Crippen molar-refractivity contribution in [1.29, 1.82) is 0 Å². The first-order valence-corrected chi connectivity index (χ1v) is 8.25. The molecule has 5 heteroatoms. The minimum atomic E-state index is -3.27. The summed E-state index contributed by atoms with van der Waals surface area (Å²) in [5.41, 5.74) is 0. The fourth-order valence-electron chi connectivity index (χ4n) is 1.09. The van der Waals surface area contributed by atoms with Crippen molar-refractivity contribution >= 4 is 41.7 Å². The first-order valence-electron chi connectivity index (χ1n) is 4.79. The molecule has 0 aliphatic carbocycles. The molecule has 88 valence electrons. The Morgan fingerprint density at radius 1 is 1.19 bits per heavy atom. The van der Waals surface area contributed by atoms with E-state index in [4.69, 9.17) is 0 Å². The summed E-state index contributed by atoms with van der Waals surface area (Å²) in [6.45, 7) is 0. The molecule has 0 saturated heterocycles. The molecule has 0 unspecified atom stereocenters. The predicted molar refractivity (Wildman–Crippen MR) is 73.5 cm³/mol. The molecule has 1 aromatic rings. The Balaban J connectivity index is 2.78. The van der Waals surface area contributed by atoms with Gasteiger partial charge in [-0.1, -0.05) is 37.9 Å². The number of allylic oxidation sites excluding steroid dienone is 1. The number of sulfone groups is 1. The minimum Gasteiger partial charge on any atom is -0.219 e. The lowest BCUT2D eigenvalue weighted by Gasteiger charge is -1.98. The van der Waals surface area contributed by atoms with Gasteiger partial charge in [-0.05, 0) is 37.1 Å². The van der Waals surface area contributed by atoms with Crippen LogP contribution >= 0.6 is 31.9 Å². The Labute approximate surface area is 113 Å². The summed E-state index contributed by atoms with van der Waals surface area (Å²) in [5.74, 6) is 0. The van der Waals surface area contributed by atoms with Crippen molar-refractivity contribution in [3.8, 4) is 0 Å². The predicted octanol–water partition coefficient (Wildman–Crippen LogP) is 3.91. The van der Waals surface area contributed by atoms with Crippen LogP contribution in [0.2, 0.25) is 0 Å². The molecule has 0 aliphatic rings. The van der Waals surface area contributed by atoms with Gasteiger partial charge in [-0.2, -0.15) is 0 Å². The van der Waals surface area contributed by atoms with E-state index in [0.717, 1.165) is 22.6 Å². The number of halogens is 2. The van der Waals surface area contributed by atoms with Gasteiger partial charge in [-0.15, -0.1) is 0 Å². The molecular formula is C11H12Br2O2S. The maximum Gasteiger partial charge on any atom is 0.199 e. The summed E-state index contributed by atoms with van der Waals surface area (Å²) >= 11 is 6.56. The van der Waals surface area contributed by atoms with Crippen LogP contribution in [0.5, 0.6) is 0 Å². The van der Waals surface area contributed by atoms with Gasteiger partial charge in [-0.3, -0.25) is 0 Å². The molecule has 0 amide bonds. The largest absolute Gasteiger partial charge is 0.219 e. The monoisotopic (exact) mass is 366 g/mol. The third-order valence-electron chi connectivity index (χ3n) is 1.92. The molecule has 0 fully saturated rings. The zero-order chi connectivity index (χ0) is 12.0. The molecule has 0 atom stereocenters. The highest BCUT2D eigenvalue weighted by Crippen LogP contribution is 2.16. The topological polar surface area (TPSA) is 34.1 Å². The first kappa shape index (κ1) is 13.9. The summed E-state index contributed by atoms with van der Waals surface area (Å²) in [6.07, 6.45) is 3.39. The Kier molecular flexibility index (Phi) is 5.72. The Hall–Kier alpha value is -0.130. The summed E-state index contributed by atoms with van der Waals surface area (Å²) < 4.78 is 24.5. The van der Waals surface area contributed by atoms with Crippen LogP contribution in [0.1, 0.15) is 12.8 Å². The summed E-state index contributed by atoms with van der Waals surface area (Å²) in [4.78, 5) is 0.325. The Morgan fingerprint density at radius 3 is 2.38 bits per heavy atom. The molecule has 0 heterocycles. The number of hydrogen-bond acceptors (Lipinski definition) is 2. The van der Waals surface area contributed by atoms with Gasteiger partial charge in [0.15, 0.2) is 9.84 Å². The van der Waals surface area contributed by atoms with Crippen molar-refractivity contribution in [3.05, 3.63) is 40.2 Å². The smallest absolute Gasteiger partial charge is 0.199 e. The van der Waals surface area contributed by atoms with Crippen molar-refractivity contribution < 1.29 is 8.42 Å². The average molecular weight is 368 g/mol. The van der Waals surface area contributed by atoms with Crippen LogP contribution < -0.4 is 0 Å². The van der Waals surface area contributed by atoms with Crippen LogP contribution in [-0.2, 0) is 9.84 Å². The fraction of sp³-hybridized carbons (Fsp3) is 0.273. The van der Waals surface area contributed by atoms with E-state index in [1.807, 2.05) is 0 Å². The maximum absolute atomic E-state index is 11.8. The molecule has 0 saturated carbocycles. The van der Waals surface area contributed by atoms with Crippen LogP contribution in [0.15, 0.2) is 45.1 Å². The molecule has 2 nitrogen and oxygen atoms in total. The molecule has 0 bridgehead atoms. The number of alkyl halides is 1. The van der Waals surface area contributed by atoms with Crippen LogP contribution in [0.4, 0.5) is 0 Å². The molecule has 0 aromatic heterocycles. The number of rotatable bonds is 5. The van der Waals surface area contributed by atoms with Crippen LogP contribution in [0.3, 0.4) is 0 Å². The van der Waals surface area contributed by atoms with Crippen LogP contribution in [0, 0.1) is 0 Å². The summed E-state index contributed by atoms with van der Waals surface area (Å²) in [5, 5.41) is 2.16. The van der Waals surface area contributed by atoms with E-state index in [-0.39, 0.29) is 0 Å². The highest BCUT2D eigenvalue weighted by molar-refractivity contribution is 9.10. The fourth-order valence-corrected chi connectivity index (χ4v) is 2.74.